The summed E-state index contributed by atoms with van der Waals surface area (Å²) >= 11 is 4.80. The predicted octanol–water partition coefficient (Wildman–Crippen LogP) is 5.41. The Hall–Kier alpha value is -0.430. The third-order valence-electron chi connectivity index (χ3n) is 4.64. The van der Waals surface area contributed by atoms with Gasteiger partial charge in [-0.15, -0.1) is 0 Å². The summed E-state index contributed by atoms with van der Waals surface area (Å²) in [5, 5.41) is 0.380. The molecule has 0 radical (unpaired) electrons. The molecule has 1 heteroatoms. The van der Waals surface area contributed by atoms with Gasteiger partial charge in [-0.1, -0.05) is 71.9 Å². The van der Waals surface area contributed by atoms with Crippen LogP contribution in [0.2, 0.25) is 0 Å². The molecular weight excluding hydrogens is 236 g/mol. The van der Waals surface area contributed by atoms with Crippen LogP contribution in [0, 0.1) is 17.3 Å². The first-order valence-corrected chi connectivity index (χ1v) is 7.56. The van der Waals surface area contributed by atoms with Gasteiger partial charge in [-0.05, 0) is 28.7 Å². The third kappa shape index (κ3) is 2.93. The summed E-state index contributed by atoms with van der Waals surface area (Å²) in [6.45, 7) is 13.9. The van der Waals surface area contributed by atoms with Crippen molar-refractivity contribution in [3.05, 3.63) is 35.9 Å². The lowest BCUT2D eigenvalue weighted by Crippen LogP contribution is -2.40. The Kier molecular flexibility index (Phi) is 5.33. The number of rotatable bonds is 5. The Morgan fingerprint density at radius 2 is 1.44 bits per heavy atom. The Morgan fingerprint density at radius 3 is 1.78 bits per heavy atom. The van der Waals surface area contributed by atoms with Crippen LogP contribution in [-0.2, 0) is 0 Å². The molecule has 0 aliphatic rings. The number of benzene rings is 1. The highest BCUT2D eigenvalue weighted by Crippen LogP contribution is 2.50. The Morgan fingerprint density at radius 1 is 0.944 bits per heavy atom. The molecule has 3 atom stereocenters. The second-order valence-corrected chi connectivity index (χ2v) is 7.10. The Bertz CT molecular complexity index is 343. The summed E-state index contributed by atoms with van der Waals surface area (Å²) in [4.78, 5) is 0. The van der Waals surface area contributed by atoms with Crippen molar-refractivity contribution in [1.29, 1.82) is 0 Å². The molecule has 18 heavy (non-hydrogen) atoms. The molecule has 0 spiro atoms. The number of thiol groups is 1. The van der Waals surface area contributed by atoms with Crippen LogP contribution in [0.1, 0.15) is 53.0 Å². The van der Waals surface area contributed by atoms with Gasteiger partial charge >= 0.3 is 0 Å². The summed E-state index contributed by atoms with van der Waals surface area (Å²) in [6.07, 6.45) is 0. The van der Waals surface area contributed by atoms with E-state index in [1.54, 1.807) is 0 Å². The first kappa shape index (κ1) is 15.6. The summed E-state index contributed by atoms with van der Waals surface area (Å²) in [5.74, 6) is 1.78. The van der Waals surface area contributed by atoms with Crippen molar-refractivity contribution in [3.8, 4) is 0 Å². The van der Waals surface area contributed by atoms with Gasteiger partial charge in [-0.25, -0.2) is 0 Å². The first-order chi connectivity index (χ1) is 8.31. The monoisotopic (exact) mass is 264 g/mol. The minimum Gasteiger partial charge on any atom is -0.176 e. The lowest BCUT2D eigenvalue weighted by molar-refractivity contribution is 0.134. The zero-order valence-electron chi connectivity index (χ0n) is 12.6. The average molecular weight is 264 g/mol. The second-order valence-electron chi connectivity index (χ2n) is 6.33. The normalized spacial score (nSPS) is 18.7. The maximum absolute atomic E-state index is 4.80. The standard InChI is InChI=1S/C17H28S/c1-12(2)16(15-10-8-7-9-11-15)17(6,13(3)4)14(5)18/h7-14,16,18H,1-6H3. The highest BCUT2D eigenvalue weighted by molar-refractivity contribution is 7.81. The van der Waals surface area contributed by atoms with Crippen molar-refractivity contribution in [2.45, 2.75) is 52.7 Å². The summed E-state index contributed by atoms with van der Waals surface area (Å²) < 4.78 is 0. The summed E-state index contributed by atoms with van der Waals surface area (Å²) in [6, 6.07) is 10.9. The fourth-order valence-corrected chi connectivity index (χ4v) is 3.68. The summed E-state index contributed by atoms with van der Waals surface area (Å²) in [5.41, 5.74) is 1.66. The van der Waals surface area contributed by atoms with E-state index >= 15 is 0 Å². The van der Waals surface area contributed by atoms with E-state index in [-0.39, 0.29) is 5.41 Å². The molecule has 1 aromatic rings. The van der Waals surface area contributed by atoms with Gasteiger partial charge in [0.05, 0.1) is 0 Å². The first-order valence-electron chi connectivity index (χ1n) is 7.04. The molecule has 0 heterocycles. The van der Waals surface area contributed by atoms with E-state index in [4.69, 9.17) is 12.6 Å². The van der Waals surface area contributed by atoms with E-state index in [9.17, 15) is 0 Å². The largest absolute Gasteiger partial charge is 0.176 e. The molecule has 3 unspecified atom stereocenters. The molecular formula is C17H28S. The van der Waals surface area contributed by atoms with E-state index in [2.05, 4.69) is 71.9 Å². The van der Waals surface area contributed by atoms with E-state index in [0.29, 0.717) is 23.0 Å². The highest BCUT2D eigenvalue weighted by atomic mass is 32.1. The lowest BCUT2D eigenvalue weighted by Gasteiger charge is -2.46. The molecule has 0 fully saturated rings. The zero-order valence-corrected chi connectivity index (χ0v) is 13.5. The van der Waals surface area contributed by atoms with Crippen LogP contribution in [0.3, 0.4) is 0 Å². The Labute approximate surface area is 119 Å². The summed E-state index contributed by atoms with van der Waals surface area (Å²) in [7, 11) is 0. The third-order valence-corrected chi connectivity index (χ3v) is 5.20. The van der Waals surface area contributed by atoms with E-state index in [0.717, 1.165) is 0 Å². The molecule has 102 valence electrons. The molecule has 0 N–H and O–H groups in total. The second kappa shape index (κ2) is 6.14. The van der Waals surface area contributed by atoms with Crippen LogP contribution in [0.4, 0.5) is 0 Å². The van der Waals surface area contributed by atoms with Crippen LogP contribution >= 0.6 is 12.6 Å². The average Bonchev–Trinajstić information content (AvgIpc) is 2.29. The van der Waals surface area contributed by atoms with E-state index in [1.165, 1.54) is 5.56 Å². The Balaban J connectivity index is 3.27. The van der Waals surface area contributed by atoms with Gasteiger partial charge in [0.25, 0.3) is 0 Å². The van der Waals surface area contributed by atoms with Crippen molar-refractivity contribution in [2.24, 2.45) is 17.3 Å². The lowest BCUT2D eigenvalue weighted by atomic mass is 9.61. The maximum atomic E-state index is 4.80. The molecule has 0 aliphatic carbocycles. The van der Waals surface area contributed by atoms with Gasteiger partial charge in [0, 0.05) is 5.25 Å². The molecule has 0 bridgehead atoms. The van der Waals surface area contributed by atoms with Crippen molar-refractivity contribution in [3.63, 3.8) is 0 Å². The topological polar surface area (TPSA) is 0 Å². The molecule has 0 amide bonds. The van der Waals surface area contributed by atoms with E-state index in [1.807, 2.05) is 0 Å². The van der Waals surface area contributed by atoms with Gasteiger partial charge in [-0.2, -0.15) is 12.6 Å². The predicted molar refractivity (Wildman–Crippen MR) is 85.4 cm³/mol. The van der Waals surface area contributed by atoms with Crippen molar-refractivity contribution >= 4 is 12.6 Å². The van der Waals surface area contributed by atoms with Crippen molar-refractivity contribution in [2.75, 3.05) is 0 Å². The smallest absolute Gasteiger partial charge is 0.00507 e. The zero-order chi connectivity index (χ0) is 13.9. The van der Waals surface area contributed by atoms with Crippen LogP contribution in [0.25, 0.3) is 0 Å². The van der Waals surface area contributed by atoms with Crippen LogP contribution < -0.4 is 0 Å². The molecule has 1 rings (SSSR count). The van der Waals surface area contributed by atoms with Gasteiger partial charge in [0.15, 0.2) is 0 Å². The van der Waals surface area contributed by atoms with Gasteiger partial charge in [0.2, 0.25) is 0 Å². The fourth-order valence-electron chi connectivity index (χ4n) is 3.22. The molecule has 0 aromatic heterocycles. The molecule has 0 saturated heterocycles. The molecule has 0 saturated carbocycles. The van der Waals surface area contributed by atoms with Crippen molar-refractivity contribution < 1.29 is 0 Å². The van der Waals surface area contributed by atoms with Gasteiger partial charge in [0.1, 0.15) is 0 Å². The number of hydrogen-bond acceptors (Lipinski definition) is 1. The van der Waals surface area contributed by atoms with Crippen LogP contribution in [-0.4, -0.2) is 5.25 Å². The highest BCUT2D eigenvalue weighted by Gasteiger charge is 2.42. The maximum Gasteiger partial charge on any atom is 0.00507 e. The van der Waals surface area contributed by atoms with E-state index < -0.39 is 0 Å². The van der Waals surface area contributed by atoms with Gasteiger partial charge in [-0.3, -0.25) is 0 Å². The number of hydrogen-bond donors (Lipinski definition) is 1. The van der Waals surface area contributed by atoms with Crippen LogP contribution in [0.5, 0.6) is 0 Å². The molecule has 0 nitrogen and oxygen atoms in total. The molecule has 1 aromatic carbocycles. The molecule has 0 aliphatic heterocycles. The van der Waals surface area contributed by atoms with Crippen LogP contribution in [0.15, 0.2) is 30.3 Å². The minimum absolute atomic E-state index is 0.207. The fraction of sp³-hybridized carbons (Fsp3) is 0.647. The van der Waals surface area contributed by atoms with Crippen molar-refractivity contribution in [1.82, 2.24) is 0 Å². The quantitative estimate of drug-likeness (QED) is 0.676. The SMILES string of the molecule is CC(C)C(c1ccccc1)C(C)(C(C)C)C(C)S. The minimum atomic E-state index is 0.207. The van der Waals surface area contributed by atoms with Gasteiger partial charge < -0.3 is 0 Å².